The van der Waals surface area contributed by atoms with Crippen molar-refractivity contribution in [3.8, 4) is 11.5 Å². The van der Waals surface area contributed by atoms with E-state index in [4.69, 9.17) is 10.5 Å². The maximum Gasteiger partial charge on any atom is 0.130 e. The monoisotopic (exact) mass is 228 g/mol. The first-order valence-corrected chi connectivity index (χ1v) is 5.67. The molecular formula is C14H16N2O. The van der Waals surface area contributed by atoms with Gasteiger partial charge in [-0.1, -0.05) is 12.1 Å². The van der Waals surface area contributed by atoms with E-state index in [0.717, 1.165) is 23.6 Å². The predicted molar refractivity (Wildman–Crippen MR) is 68.2 cm³/mol. The van der Waals surface area contributed by atoms with Gasteiger partial charge in [0, 0.05) is 18.0 Å². The van der Waals surface area contributed by atoms with E-state index < -0.39 is 0 Å². The fourth-order valence-corrected chi connectivity index (χ4v) is 1.61. The molecule has 0 amide bonds. The molecule has 88 valence electrons. The molecule has 0 saturated carbocycles. The molecule has 1 heterocycles. The fourth-order valence-electron chi connectivity index (χ4n) is 1.61. The summed E-state index contributed by atoms with van der Waals surface area (Å²) in [6.07, 6.45) is 2.64. The van der Waals surface area contributed by atoms with Gasteiger partial charge in [-0.3, -0.25) is 4.98 Å². The van der Waals surface area contributed by atoms with E-state index in [1.165, 1.54) is 5.56 Å². The minimum atomic E-state index is 0.670. The molecule has 0 spiro atoms. The minimum Gasteiger partial charge on any atom is -0.457 e. The van der Waals surface area contributed by atoms with E-state index in [2.05, 4.69) is 4.98 Å². The van der Waals surface area contributed by atoms with Crippen LogP contribution in [0.5, 0.6) is 11.5 Å². The molecule has 0 saturated heterocycles. The van der Waals surface area contributed by atoms with E-state index in [1.54, 1.807) is 6.20 Å². The Bertz CT molecular complexity index is 480. The number of benzene rings is 1. The molecule has 0 aliphatic heterocycles. The lowest BCUT2D eigenvalue weighted by Gasteiger charge is -2.06. The zero-order valence-corrected chi connectivity index (χ0v) is 9.89. The standard InChI is InChI=1S/C14H16N2O/c1-11-10-14(7-9-16-11)17-13-4-2-12(3-5-13)6-8-15/h2-5,7,9-10H,6,8,15H2,1H3. The van der Waals surface area contributed by atoms with Gasteiger partial charge in [0.05, 0.1) is 0 Å². The third-order valence-electron chi connectivity index (χ3n) is 2.46. The molecule has 1 aromatic carbocycles. The number of nitrogens with zero attached hydrogens (tertiary/aromatic N) is 1. The quantitative estimate of drug-likeness (QED) is 0.875. The first kappa shape index (κ1) is 11.6. The Hall–Kier alpha value is -1.87. The summed E-state index contributed by atoms with van der Waals surface area (Å²) in [4.78, 5) is 4.13. The molecule has 0 radical (unpaired) electrons. The van der Waals surface area contributed by atoms with Crippen molar-refractivity contribution in [2.24, 2.45) is 5.73 Å². The molecule has 3 heteroatoms. The maximum absolute atomic E-state index is 5.72. The molecule has 0 atom stereocenters. The lowest BCUT2D eigenvalue weighted by atomic mass is 10.1. The highest BCUT2D eigenvalue weighted by atomic mass is 16.5. The van der Waals surface area contributed by atoms with Gasteiger partial charge < -0.3 is 10.5 Å². The zero-order valence-electron chi connectivity index (χ0n) is 9.89. The van der Waals surface area contributed by atoms with E-state index in [-0.39, 0.29) is 0 Å². The minimum absolute atomic E-state index is 0.670. The molecule has 1 aromatic heterocycles. The van der Waals surface area contributed by atoms with Crippen LogP contribution < -0.4 is 10.5 Å². The van der Waals surface area contributed by atoms with Crippen LogP contribution in [0.2, 0.25) is 0 Å². The van der Waals surface area contributed by atoms with Gasteiger partial charge >= 0.3 is 0 Å². The first-order valence-electron chi connectivity index (χ1n) is 5.67. The lowest BCUT2D eigenvalue weighted by molar-refractivity contribution is 0.481. The van der Waals surface area contributed by atoms with Crippen molar-refractivity contribution in [2.45, 2.75) is 13.3 Å². The number of hydrogen-bond donors (Lipinski definition) is 1. The number of aryl methyl sites for hydroxylation is 1. The Kier molecular flexibility index (Phi) is 3.73. The smallest absolute Gasteiger partial charge is 0.130 e. The number of nitrogens with two attached hydrogens (primary N) is 1. The van der Waals surface area contributed by atoms with E-state index in [9.17, 15) is 0 Å². The molecule has 0 bridgehead atoms. The second-order valence-corrected chi connectivity index (χ2v) is 3.92. The van der Waals surface area contributed by atoms with Crippen LogP contribution in [0, 0.1) is 6.92 Å². The molecule has 0 fully saturated rings. The van der Waals surface area contributed by atoms with Crippen molar-refractivity contribution in [1.29, 1.82) is 0 Å². The van der Waals surface area contributed by atoms with Crippen LogP contribution in [0.4, 0.5) is 0 Å². The van der Waals surface area contributed by atoms with Crippen LogP contribution in [0.15, 0.2) is 42.6 Å². The molecule has 3 nitrogen and oxygen atoms in total. The Labute approximate surface area is 101 Å². The highest BCUT2D eigenvalue weighted by Crippen LogP contribution is 2.21. The topological polar surface area (TPSA) is 48.1 Å². The number of hydrogen-bond acceptors (Lipinski definition) is 3. The summed E-state index contributed by atoms with van der Waals surface area (Å²) in [6.45, 7) is 2.61. The lowest BCUT2D eigenvalue weighted by Crippen LogP contribution is -2.02. The predicted octanol–water partition coefficient (Wildman–Crippen LogP) is 2.68. The molecule has 0 unspecified atom stereocenters. The fraction of sp³-hybridized carbons (Fsp3) is 0.214. The summed E-state index contributed by atoms with van der Waals surface area (Å²) in [5, 5.41) is 0. The summed E-state index contributed by atoms with van der Waals surface area (Å²) in [6, 6.07) is 11.8. The van der Waals surface area contributed by atoms with E-state index >= 15 is 0 Å². The van der Waals surface area contributed by atoms with Crippen LogP contribution in [-0.4, -0.2) is 11.5 Å². The maximum atomic E-state index is 5.72. The Morgan fingerprint density at radius 1 is 1.12 bits per heavy atom. The average molecular weight is 228 g/mol. The van der Waals surface area contributed by atoms with Crippen molar-refractivity contribution in [1.82, 2.24) is 4.98 Å². The first-order chi connectivity index (χ1) is 8.28. The SMILES string of the molecule is Cc1cc(Oc2ccc(CCN)cc2)ccn1. The molecule has 2 aromatic rings. The van der Waals surface area contributed by atoms with Crippen LogP contribution >= 0.6 is 0 Å². The van der Waals surface area contributed by atoms with Gasteiger partial charge in [0.25, 0.3) is 0 Å². The van der Waals surface area contributed by atoms with Crippen molar-refractivity contribution in [2.75, 3.05) is 6.54 Å². The van der Waals surface area contributed by atoms with Gasteiger partial charge in [-0.05, 0) is 43.7 Å². The van der Waals surface area contributed by atoms with Crippen LogP contribution in [0.3, 0.4) is 0 Å². The van der Waals surface area contributed by atoms with E-state index in [1.807, 2.05) is 43.3 Å². The molecule has 0 aliphatic rings. The van der Waals surface area contributed by atoms with Gasteiger partial charge in [0.1, 0.15) is 11.5 Å². The van der Waals surface area contributed by atoms with E-state index in [0.29, 0.717) is 6.54 Å². The molecule has 2 rings (SSSR count). The summed E-state index contributed by atoms with van der Waals surface area (Å²) in [7, 11) is 0. The average Bonchev–Trinajstić information content (AvgIpc) is 2.32. The number of aromatic nitrogens is 1. The zero-order chi connectivity index (χ0) is 12.1. The third kappa shape index (κ3) is 3.29. The second kappa shape index (κ2) is 5.46. The summed E-state index contributed by atoms with van der Waals surface area (Å²) < 4.78 is 5.72. The Morgan fingerprint density at radius 3 is 2.53 bits per heavy atom. The van der Waals surface area contributed by atoms with Crippen molar-refractivity contribution in [3.05, 3.63) is 53.9 Å². The second-order valence-electron chi connectivity index (χ2n) is 3.92. The van der Waals surface area contributed by atoms with Gasteiger partial charge in [-0.2, -0.15) is 0 Å². The summed E-state index contributed by atoms with van der Waals surface area (Å²) in [5.41, 5.74) is 7.67. The molecular weight excluding hydrogens is 212 g/mol. The summed E-state index contributed by atoms with van der Waals surface area (Å²) in [5.74, 6) is 1.64. The Balaban J connectivity index is 2.08. The van der Waals surface area contributed by atoms with Gasteiger partial charge in [0.2, 0.25) is 0 Å². The highest BCUT2D eigenvalue weighted by Gasteiger charge is 1.98. The molecule has 0 aliphatic carbocycles. The van der Waals surface area contributed by atoms with Crippen LogP contribution in [0.25, 0.3) is 0 Å². The van der Waals surface area contributed by atoms with Crippen molar-refractivity contribution < 1.29 is 4.74 Å². The van der Waals surface area contributed by atoms with Crippen LogP contribution in [-0.2, 0) is 6.42 Å². The number of rotatable bonds is 4. The van der Waals surface area contributed by atoms with Crippen LogP contribution in [0.1, 0.15) is 11.3 Å². The van der Waals surface area contributed by atoms with Crippen molar-refractivity contribution in [3.63, 3.8) is 0 Å². The molecule has 2 N–H and O–H groups in total. The molecule has 17 heavy (non-hydrogen) atoms. The number of ether oxygens (including phenoxy) is 1. The number of pyridine rings is 1. The Morgan fingerprint density at radius 2 is 1.88 bits per heavy atom. The largest absolute Gasteiger partial charge is 0.457 e. The highest BCUT2D eigenvalue weighted by molar-refractivity contribution is 5.33. The van der Waals surface area contributed by atoms with Gasteiger partial charge in [-0.15, -0.1) is 0 Å². The van der Waals surface area contributed by atoms with Crippen molar-refractivity contribution >= 4 is 0 Å². The van der Waals surface area contributed by atoms with Gasteiger partial charge in [-0.25, -0.2) is 0 Å². The summed E-state index contributed by atoms with van der Waals surface area (Å²) >= 11 is 0. The normalized spacial score (nSPS) is 10.2. The van der Waals surface area contributed by atoms with Gasteiger partial charge in [0.15, 0.2) is 0 Å². The third-order valence-corrected chi connectivity index (χ3v) is 2.46.